The molecule has 0 aromatic heterocycles. The molecule has 0 spiro atoms. The van der Waals surface area contributed by atoms with Crippen LogP contribution in [0.25, 0.3) is 0 Å². The fourth-order valence-corrected chi connectivity index (χ4v) is 1.05. The topological polar surface area (TPSA) is 9.23 Å². The summed E-state index contributed by atoms with van der Waals surface area (Å²) in [5.74, 6) is 6.14. The molecule has 1 unspecified atom stereocenters. The lowest BCUT2D eigenvalue weighted by Gasteiger charge is -2.16. The van der Waals surface area contributed by atoms with Gasteiger partial charge < -0.3 is 4.74 Å². The average Bonchev–Trinajstić information content (AvgIpc) is 2.07. The van der Waals surface area contributed by atoms with Gasteiger partial charge in [0.1, 0.15) is 6.10 Å². The molecule has 0 aromatic carbocycles. The first-order valence-corrected chi connectivity index (χ1v) is 4.19. The van der Waals surface area contributed by atoms with E-state index in [2.05, 4.69) is 24.8 Å². The van der Waals surface area contributed by atoms with Crippen LogP contribution in [-0.4, -0.2) is 6.10 Å². The average molecular weight is 150 g/mol. The molecule has 1 atom stereocenters. The van der Waals surface area contributed by atoms with Crippen LogP contribution >= 0.6 is 0 Å². The normalized spacial score (nSPS) is 21.7. The zero-order valence-corrected chi connectivity index (χ0v) is 6.97. The van der Waals surface area contributed by atoms with Crippen molar-refractivity contribution in [1.82, 2.24) is 0 Å². The zero-order valence-electron chi connectivity index (χ0n) is 6.97. The molecule has 1 heteroatoms. The van der Waals surface area contributed by atoms with Gasteiger partial charge in [0, 0.05) is 12.8 Å². The van der Waals surface area contributed by atoms with Crippen molar-refractivity contribution in [3.63, 3.8) is 0 Å². The third-order valence-electron chi connectivity index (χ3n) is 1.65. The zero-order chi connectivity index (χ0) is 7.94. The van der Waals surface area contributed by atoms with Gasteiger partial charge in [-0.3, -0.25) is 0 Å². The summed E-state index contributed by atoms with van der Waals surface area (Å²) in [5.41, 5.74) is 0. The lowest BCUT2D eigenvalue weighted by Crippen LogP contribution is -2.10. The maximum Gasteiger partial charge on any atom is 0.109 e. The van der Waals surface area contributed by atoms with Gasteiger partial charge in [-0.15, -0.1) is 5.92 Å². The van der Waals surface area contributed by atoms with E-state index >= 15 is 0 Å². The molecule has 1 heterocycles. The molecule has 0 saturated carbocycles. The van der Waals surface area contributed by atoms with Crippen molar-refractivity contribution < 1.29 is 4.74 Å². The van der Waals surface area contributed by atoms with E-state index in [-0.39, 0.29) is 0 Å². The van der Waals surface area contributed by atoms with E-state index in [0.717, 1.165) is 25.7 Å². The predicted molar refractivity (Wildman–Crippen MR) is 45.9 cm³/mol. The van der Waals surface area contributed by atoms with E-state index in [1.54, 1.807) is 6.26 Å². The Balaban J connectivity index is 2.21. The summed E-state index contributed by atoms with van der Waals surface area (Å²) in [5, 5.41) is 0. The fraction of sp³-hybridized carbons (Fsp3) is 0.600. The molecule has 0 radical (unpaired) electrons. The second-order valence-electron chi connectivity index (χ2n) is 2.62. The lowest BCUT2D eigenvalue weighted by atomic mass is 10.1. The first kappa shape index (κ1) is 8.20. The SMILES string of the molecule is CCC#CCC1CCC=CO1. The van der Waals surface area contributed by atoms with Crippen LogP contribution in [0, 0.1) is 11.8 Å². The van der Waals surface area contributed by atoms with E-state index in [9.17, 15) is 0 Å². The first-order chi connectivity index (χ1) is 5.43. The van der Waals surface area contributed by atoms with Crippen molar-refractivity contribution in [2.75, 3.05) is 0 Å². The van der Waals surface area contributed by atoms with Gasteiger partial charge >= 0.3 is 0 Å². The minimum atomic E-state index is 0.346. The van der Waals surface area contributed by atoms with Crippen LogP contribution in [0.5, 0.6) is 0 Å². The van der Waals surface area contributed by atoms with Gasteiger partial charge in [0.05, 0.1) is 6.26 Å². The summed E-state index contributed by atoms with van der Waals surface area (Å²) in [6, 6.07) is 0. The van der Waals surface area contributed by atoms with Gasteiger partial charge in [-0.1, -0.05) is 12.8 Å². The molecule has 1 aliphatic heterocycles. The molecule has 11 heavy (non-hydrogen) atoms. The molecule has 0 aliphatic carbocycles. The minimum absolute atomic E-state index is 0.346. The predicted octanol–water partition coefficient (Wildman–Crippen LogP) is 2.48. The van der Waals surface area contributed by atoms with Gasteiger partial charge in [-0.05, 0) is 18.9 Å². The molecule has 0 bridgehead atoms. The van der Waals surface area contributed by atoms with Crippen LogP contribution in [-0.2, 0) is 4.74 Å². The highest BCUT2D eigenvalue weighted by Gasteiger charge is 2.07. The molecular formula is C10H14O. The van der Waals surface area contributed by atoms with Gasteiger partial charge in [-0.25, -0.2) is 0 Å². The third-order valence-corrected chi connectivity index (χ3v) is 1.65. The monoisotopic (exact) mass is 150 g/mol. The molecule has 0 aromatic rings. The molecule has 1 nitrogen and oxygen atoms in total. The van der Waals surface area contributed by atoms with Crippen molar-refractivity contribution in [3.05, 3.63) is 12.3 Å². The van der Waals surface area contributed by atoms with Crippen molar-refractivity contribution in [2.45, 2.75) is 38.7 Å². The quantitative estimate of drug-likeness (QED) is 0.522. The summed E-state index contributed by atoms with van der Waals surface area (Å²) in [7, 11) is 0. The molecular weight excluding hydrogens is 136 g/mol. The molecule has 60 valence electrons. The van der Waals surface area contributed by atoms with E-state index in [0.29, 0.717) is 6.10 Å². The van der Waals surface area contributed by atoms with Crippen LogP contribution in [0.3, 0.4) is 0 Å². The number of rotatable bonds is 1. The lowest BCUT2D eigenvalue weighted by molar-refractivity contribution is 0.128. The van der Waals surface area contributed by atoms with Crippen LogP contribution in [0.15, 0.2) is 12.3 Å². The van der Waals surface area contributed by atoms with Crippen molar-refractivity contribution >= 4 is 0 Å². The van der Waals surface area contributed by atoms with Gasteiger partial charge in [0.25, 0.3) is 0 Å². The van der Waals surface area contributed by atoms with Crippen LogP contribution in [0.4, 0.5) is 0 Å². The van der Waals surface area contributed by atoms with Gasteiger partial charge in [0.2, 0.25) is 0 Å². The molecule has 0 fully saturated rings. The van der Waals surface area contributed by atoms with Crippen molar-refractivity contribution in [3.8, 4) is 11.8 Å². The Kier molecular flexibility index (Phi) is 3.61. The van der Waals surface area contributed by atoms with Crippen molar-refractivity contribution in [2.24, 2.45) is 0 Å². The van der Waals surface area contributed by atoms with Gasteiger partial charge in [-0.2, -0.15) is 0 Å². The van der Waals surface area contributed by atoms with E-state index in [4.69, 9.17) is 4.74 Å². The summed E-state index contributed by atoms with van der Waals surface area (Å²) in [4.78, 5) is 0. The van der Waals surface area contributed by atoms with Crippen LogP contribution < -0.4 is 0 Å². The standard InChI is InChI=1S/C10H14O/c1-2-3-4-7-10-8-5-6-9-11-10/h6,9-10H,2,5,7-8H2,1H3. The summed E-state index contributed by atoms with van der Waals surface area (Å²) >= 11 is 0. The maximum absolute atomic E-state index is 5.34. The molecule has 0 N–H and O–H groups in total. The highest BCUT2D eigenvalue weighted by atomic mass is 16.5. The highest BCUT2D eigenvalue weighted by molar-refractivity contribution is 5.00. The molecule has 0 saturated heterocycles. The smallest absolute Gasteiger partial charge is 0.109 e. The Bertz CT molecular complexity index is 183. The highest BCUT2D eigenvalue weighted by Crippen LogP contribution is 2.12. The first-order valence-electron chi connectivity index (χ1n) is 4.19. The Morgan fingerprint density at radius 1 is 1.55 bits per heavy atom. The summed E-state index contributed by atoms with van der Waals surface area (Å²) in [6.07, 6.45) is 8.29. The van der Waals surface area contributed by atoms with Crippen LogP contribution in [0.1, 0.15) is 32.6 Å². The summed E-state index contributed by atoms with van der Waals surface area (Å²) in [6.45, 7) is 2.06. The number of hydrogen-bond donors (Lipinski definition) is 0. The largest absolute Gasteiger partial charge is 0.497 e. The second-order valence-corrected chi connectivity index (χ2v) is 2.62. The van der Waals surface area contributed by atoms with Gasteiger partial charge in [0.15, 0.2) is 0 Å². The van der Waals surface area contributed by atoms with E-state index in [1.165, 1.54) is 0 Å². The Hall–Kier alpha value is -0.900. The fourth-order valence-electron chi connectivity index (χ4n) is 1.05. The Labute approximate surface area is 68.4 Å². The number of allylic oxidation sites excluding steroid dienone is 1. The molecule has 1 aliphatic rings. The number of ether oxygens (including phenoxy) is 1. The minimum Gasteiger partial charge on any atom is -0.497 e. The molecule has 0 amide bonds. The summed E-state index contributed by atoms with van der Waals surface area (Å²) < 4.78 is 5.34. The third kappa shape index (κ3) is 3.13. The Morgan fingerprint density at radius 2 is 2.45 bits per heavy atom. The van der Waals surface area contributed by atoms with Crippen LogP contribution in [0.2, 0.25) is 0 Å². The Morgan fingerprint density at radius 3 is 3.09 bits per heavy atom. The van der Waals surface area contributed by atoms with Crippen molar-refractivity contribution in [1.29, 1.82) is 0 Å². The van der Waals surface area contributed by atoms with E-state index in [1.807, 2.05) is 0 Å². The second kappa shape index (κ2) is 4.85. The molecule has 1 rings (SSSR count). The van der Waals surface area contributed by atoms with E-state index < -0.39 is 0 Å². The maximum atomic E-state index is 5.34. The number of hydrogen-bond acceptors (Lipinski definition) is 1.